The van der Waals surface area contributed by atoms with Crippen molar-refractivity contribution in [3.63, 3.8) is 0 Å². The second-order valence-electron chi connectivity index (χ2n) is 3.35. The third-order valence-electron chi connectivity index (χ3n) is 2.07. The highest BCUT2D eigenvalue weighted by Gasteiger charge is 2.08. The lowest BCUT2D eigenvalue weighted by Gasteiger charge is -2.05. The van der Waals surface area contributed by atoms with Gasteiger partial charge in [-0.15, -0.1) is 0 Å². The number of carbonyl (C=O) groups is 1. The Kier molecular flexibility index (Phi) is 4.42. The number of carbonyl (C=O) groups excluding carboxylic acids is 1. The Morgan fingerprint density at radius 1 is 1.35 bits per heavy atom. The van der Waals surface area contributed by atoms with Crippen LogP contribution in [-0.2, 0) is 20.6 Å². The van der Waals surface area contributed by atoms with Gasteiger partial charge in [0.25, 0.3) is 0 Å². The van der Waals surface area contributed by atoms with E-state index in [0.717, 1.165) is 0 Å². The quantitative estimate of drug-likeness (QED) is 0.765. The van der Waals surface area contributed by atoms with Gasteiger partial charge in [0.05, 0.1) is 5.75 Å². The monoisotopic (exact) mass is 254 g/mol. The minimum atomic E-state index is -3.27. The highest BCUT2D eigenvalue weighted by atomic mass is 32.2. The molecule has 0 aliphatic carbocycles. The number of sulfonamides is 1. The number of anilines is 1. The molecular weight excluding hydrogens is 240 g/mol. The third kappa shape index (κ3) is 4.38. The standard InChI is InChI=1S/C11H14N2O3S/c1-3-11(14)13-10-6-4-9(5-7-10)8-17(15,16)12-2/h3-7,12H,1,8H2,2H3,(H,13,14). The summed E-state index contributed by atoms with van der Waals surface area (Å²) >= 11 is 0. The zero-order valence-corrected chi connectivity index (χ0v) is 10.3. The first-order chi connectivity index (χ1) is 7.96. The maximum Gasteiger partial charge on any atom is 0.247 e. The van der Waals surface area contributed by atoms with Gasteiger partial charge < -0.3 is 5.32 Å². The van der Waals surface area contributed by atoms with E-state index in [4.69, 9.17) is 0 Å². The van der Waals surface area contributed by atoms with E-state index in [0.29, 0.717) is 11.3 Å². The molecular formula is C11H14N2O3S. The molecule has 0 aromatic heterocycles. The molecule has 0 bridgehead atoms. The molecule has 2 N–H and O–H groups in total. The van der Waals surface area contributed by atoms with Gasteiger partial charge in [-0.05, 0) is 30.8 Å². The fraction of sp³-hybridized carbons (Fsp3) is 0.182. The van der Waals surface area contributed by atoms with Gasteiger partial charge in [-0.25, -0.2) is 13.1 Å². The third-order valence-corrected chi connectivity index (χ3v) is 3.41. The molecule has 5 nitrogen and oxygen atoms in total. The number of hydrogen-bond donors (Lipinski definition) is 2. The summed E-state index contributed by atoms with van der Waals surface area (Å²) in [6.45, 7) is 3.33. The van der Waals surface area contributed by atoms with Crippen LogP contribution in [0.4, 0.5) is 5.69 Å². The van der Waals surface area contributed by atoms with E-state index in [1.165, 1.54) is 13.1 Å². The molecule has 0 fully saturated rings. The number of hydrogen-bond acceptors (Lipinski definition) is 3. The van der Waals surface area contributed by atoms with Crippen molar-refractivity contribution in [1.82, 2.24) is 4.72 Å². The van der Waals surface area contributed by atoms with Gasteiger partial charge in [0, 0.05) is 5.69 Å². The summed E-state index contributed by atoms with van der Waals surface area (Å²) in [4.78, 5) is 11.0. The molecule has 1 amide bonds. The van der Waals surface area contributed by atoms with Crippen LogP contribution in [0.2, 0.25) is 0 Å². The molecule has 0 spiro atoms. The SMILES string of the molecule is C=CC(=O)Nc1ccc(CS(=O)(=O)NC)cc1. The maximum atomic E-state index is 11.3. The predicted molar refractivity (Wildman–Crippen MR) is 67.0 cm³/mol. The highest BCUT2D eigenvalue weighted by molar-refractivity contribution is 7.88. The first kappa shape index (κ1) is 13.4. The number of rotatable bonds is 5. The van der Waals surface area contributed by atoms with E-state index >= 15 is 0 Å². The number of amides is 1. The molecule has 0 atom stereocenters. The second-order valence-corrected chi connectivity index (χ2v) is 5.28. The van der Waals surface area contributed by atoms with Gasteiger partial charge in [0.1, 0.15) is 0 Å². The Bertz CT molecular complexity index is 506. The normalized spacial score (nSPS) is 10.9. The van der Waals surface area contributed by atoms with Crippen molar-refractivity contribution < 1.29 is 13.2 Å². The highest BCUT2D eigenvalue weighted by Crippen LogP contribution is 2.11. The van der Waals surface area contributed by atoms with E-state index in [1.807, 2.05) is 0 Å². The van der Waals surface area contributed by atoms with Crippen LogP contribution < -0.4 is 10.0 Å². The first-order valence-electron chi connectivity index (χ1n) is 4.90. The van der Waals surface area contributed by atoms with E-state index in [9.17, 15) is 13.2 Å². The van der Waals surface area contributed by atoms with Crippen LogP contribution in [0, 0.1) is 0 Å². The van der Waals surface area contributed by atoms with Crippen LogP contribution in [0.1, 0.15) is 5.56 Å². The Balaban J connectivity index is 2.75. The van der Waals surface area contributed by atoms with Crippen LogP contribution in [0.25, 0.3) is 0 Å². The zero-order chi connectivity index (χ0) is 12.9. The van der Waals surface area contributed by atoms with Crippen molar-refractivity contribution in [3.8, 4) is 0 Å². The fourth-order valence-corrected chi connectivity index (χ4v) is 1.94. The summed E-state index contributed by atoms with van der Waals surface area (Å²) in [5.74, 6) is -0.389. The van der Waals surface area contributed by atoms with E-state index in [1.54, 1.807) is 24.3 Å². The number of nitrogens with one attached hydrogen (secondary N) is 2. The molecule has 1 aromatic carbocycles. The van der Waals surface area contributed by atoms with Gasteiger partial charge in [0.15, 0.2) is 0 Å². The van der Waals surface area contributed by atoms with Crippen LogP contribution in [0.5, 0.6) is 0 Å². The molecule has 0 aliphatic heterocycles. The number of benzene rings is 1. The lowest BCUT2D eigenvalue weighted by Crippen LogP contribution is -2.20. The second kappa shape index (κ2) is 5.60. The fourth-order valence-electron chi connectivity index (χ4n) is 1.17. The summed E-state index contributed by atoms with van der Waals surface area (Å²) < 4.78 is 24.8. The summed E-state index contributed by atoms with van der Waals surface area (Å²) in [7, 11) is -1.90. The van der Waals surface area contributed by atoms with Gasteiger partial charge in [0.2, 0.25) is 15.9 Å². The van der Waals surface area contributed by atoms with Crippen molar-refractivity contribution in [1.29, 1.82) is 0 Å². The van der Waals surface area contributed by atoms with Crippen molar-refractivity contribution in [2.75, 3.05) is 12.4 Å². The molecule has 0 aliphatic rings. The minimum Gasteiger partial charge on any atom is -0.323 e. The van der Waals surface area contributed by atoms with Gasteiger partial charge in [-0.3, -0.25) is 4.79 Å². The van der Waals surface area contributed by atoms with Gasteiger partial charge in [-0.2, -0.15) is 0 Å². The molecule has 0 unspecified atom stereocenters. The molecule has 0 heterocycles. The van der Waals surface area contributed by atoms with E-state index in [-0.39, 0.29) is 11.7 Å². The Morgan fingerprint density at radius 2 is 1.94 bits per heavy atom. The first-order valence-corrected chi connectivity index (χ1v) is 6.55. The summed E-state index contributed by atoms with van der Waals surface area (Å²) in [5, 5.41) is 2.57. The molecule has 1 aromatic rings. The van der Waals surface area contributed by atoms with Crippen LogP contribution in [0.3, 0.4) is 0 Å². The van der Waals surface area contributed by atoms with Gasteiger partial charge >= 0.3 is 0 Å². The van der Waals surface area contributed by atoms with Crippen LogP contribution in [0.15, 0.2) is 36.9 Å². The Hall–Kier alpha value is -1.66. The zero-order valence-electron chi connectivity index (χ0n) is 9.43. The Morgan fingerprint density at radius 3 is 2.41 bits per heavy atom. The summed E-state index contributed by atoms with van der Waals surface area (Å²) in [5.41, 5.74) is 1.25. The largest absolute Gasteiger partial charge is 0.323 e. The topological polar surface area (TPSA) is 75.3 Å². The molecule has 0 saturated heterocycles. The molecule has 0 saturated carbocycles. The molecule has 6 heteroatoms. The molecule has 1 rings (SSSR count). The van der Waals surface area contributed by atoms with Crippen molar-refractivity contribution in [3.05, 3.63) is 42.5 Å². The van der Waals surface area contributed by atoms with Crippen LogP contribution in [-0.4, -0.2) is 21.4 Å². The maximum absolute atomic E-state index is 11.3. The van der Waals surface area contributed by atoms with E-state index in [2.05, 4.69) is 16.6 Å². The average molecular weight is 254 g/mol. The smallest absolute Gasteiger partial charge is 0.247 e. The van der Waals surface area contributed by atoms with Crippen molar-refractivity contribution >= 4 is 21.6 Å². The summed E-state index contributed by atoms with van der Waals surface area (Å²) in [6, 6.07) is 6.57. The molecule has 92 valence electrons. The molecule has 17 heavy (non-hydrogen) atoms. The molecule has 0 radical (unpaired) electrons. The lowest BCUT2D eigenvalue weighted by atomic mass is 10.2. The summed E-state index contributed by atoms with van der Waals surface area (Å²) in [6.07, 6.45) is 1.17. The predicted octanol–water partition coefficient (Wildman–Crippen LogP) is 0.860. The Labute approximate surface area is 101 Å². The average Bonchev–Trinajstić information content (AvgIpc) is 2.31. The van der Waals surface area contributed by atoms with Crippen molar-refractivity contribution in [2.24, 2.45) is 0 Å². The lowest BCUT2D eigenvalue weighted by molar-refractivity contribution is -0.111. The van der Waals surface area contributed by atoms with Gasteiger partial charge in [-0.1, -0.05) is 18.7 Å². The van der Waals surface area contributed by atoms with Crippen molar-refractivity contribution in [2.45, 2.75) is 5.75 Å². The van der Waals surface area contributed by atoms with Crippen LogP contribution >= 0.6 is 0 Å². The minimum absolute atomic E-state index is 0.0841. The van der Waals surface area contributed by atoms with E-state index < -0.39 is 10.0 Å².